The molecule has 2 fully saturated rings. The fourth-order valence-corrected chi connectivity index (χ4v) is 6.69. The average molecular weight is 374 g/mol. The van der Waals surface area contributed by atoms with Gasteiger partial charge in [-0.2, -0.15) is 0 Å². The van der Waals surface area contributed by atoms with E-state index in [-0.39, 0.29) is 29.7 Å². The molecular formula is C18H21BO4P2. The van der Waals surface area contributed by atoms with E-state index in [2.05, 4.69) is 0 Å². The van der Waals surface area contributed by atoms with Crippen molar-refractivity contribution < 1.29 is 19.0 Å². The van der Waals surface area contributed by atoms with E-state index in [4.69, 9.17) is 4.74 Å². The van der Waals surface area contributed by atoms with Gasteiger partial charge in [0.25, 0.3) is 0 Å². The molecule has 1 saturated heterocycles. The van der Waals surface area contributed by atoms with Crippen molar-refractivity contribution in [1.29, 1.82) is 0 Å². The van der Waals surface area contributed by atoms with Crippen LogP contribution in [0.25, 0.3) is 0 Å². The van der Waals surface area contributed by atoms with Crippen LogP contribution >= 0.6 is 16.4 Å². The first-order valence-electron chi connectivity index (χ1n) is 8.56. The van der Waals surface area contributed by atoms with Crippen molar-refractivity contribution in [1.82, 2.24) is 0 Å². The van der Waals surface area contributed by atoms with Crippen molar-refractivity contribution in [2.24, 2.45) is 11.8 Å². The van der Waals surface area contributed by atoms with E-state index in [0.29, 0.717) is 34.9 Å². The van der Waals surface area contributed by atoms with Gasteiger partial charge in [0.2, 0.25) is 0 Å². The van der Waals surface area contributed by atoms with Gasteiger partial charge in [-0.1, -0.05) is 6.07 Å². The third-order valence-corrected chi connectivity index (χ3v) is 8.18. The molecule has 1 aromatic carbocycles. The van der Waals surface area contributed by atoms with Gasteiger partial charge in [-0.3, -0.25) is 0 Å². The molecule has 1 aliphatic heterocycles. The third kappa shape index (κ3) is 4.93. The quantitative estimate of drug-likeness (QED) is 0.303. The molecule has 0 aromatic heterocycles. The Kier molecular flexibility index (Phi) is 6.67. The van der Waals surface area contributed by atoms with E-state index in [1.54, 1.807) is 6.08 Å². The maximum atomic E-state index is 12.2. The zero-order valence-electron chi connectivity index (χ0n) is 13.9. The van der Waals surface area contributed by atoms with Gasteiger partial charge in [0.15, 0.2) is 0 Å². The maximum absolute atomic E-state index is 12.2. The van der Waals surface area contributed by atoms with Crippen LogP contribution in [0.1, 0.15) is 24.8 Å². The molecule has 1 aliphatic carbocycles. The fourth-order valence-electron chi connectivity index (χ4n) is 3.73. The Bertz CT molecular complexity index is 664. The second kappa shape index (κ2) is 8.96. The predicted octanol–water partition coefficient (Wildman–Crippen LogP) is 3.30. The number of esters is 1. The van der Waals surface area contributed by atoms with E-state index >= 15 is 0 Å². The van der Waals surface area contributed by atoms with Crippen LogP contribution in [0.15, 0.2) is 42.5 Å². The zero-order chi connectivity index (χ0) is 17.6. The average Bonchev–Trinajstić information content (AvgIpc) is 3.13. The summed E-state index contributed by atoms with van der Waals surface area (Å²) in [5.74, 6) is 0.309. The Morgan fingerprint density at radius 1 is 1.32 bits per heavy atom. The summed E-state index contributed by atoms with van der Waals surface area (Å²) in [5.41, 5.74) is 1.51. The molecule has 25 heavy (non-hydrogen) atoms. The molecule has 0 N–H and O–H groups in total. The van der Waals surface area contributed by atoms with E-state index in [1.807, 2.05) is 36.4 Å². The van der Waals surface area contributed by atoms with Crippen molar-refractivity contribution in [2.45, 2.75) is 37.4 Å². The summed E-state index contributed by atoms with van der Waals surface area (Å²) >= 11 is 0. The first kappa shape index (κ1) is 18.6. The van der Waals surface area contributed by atoms with E-state index in [0.717, 1.165) is 25.3 Å². The summed E-state index contributed by atoms with van der Waals surface area (Å²) in [6, 6.07) is 9.97. The molecule has 130 valence electrons. The molecule has 2 unspecified atom stereocenters. The standard InChI is InChI=1S/C18H21BO4P2/c20-13(7-6-12-4-2-1-3-5-12)8-9-14-15-10-18(21)23-16(15)11-17(14)24-25-19-22/h1-5,8-9,14-17,24-25H,6-7,10-11H2/t14-,15-,16+,17-/m1/s1. The number of carbonyl (C=O) groups excluding carboxylic acids is 2. The van der Waals surface area contributed by atoms with Gasteiger partial charge >= 0.3 is 145 Å². The number of allylic oxidation sites excluding steroid dienone is 2. The number of fused-ring (bicyclic) bond motifs is 1. The van der Waals surface area contributed by atoms with Gasteiger partial charge in [-0.25, -0.2) is 0 Å². The van der Waals surface area contributed by atoms with Crippen LogP contribution in [0.2, 0.25) is 0 Å². The van der Waals surface area contributed by atoms with Crippen LogP contribution in [0, 0.1) is 11.8 Å². The van der Waals surface area contributed by atoms with Crippen LogP contribution in [0.3, 0.4) is 0 Å². The normalized spacial score (nSPS) is 28.9. The van der Waals surface area contributed by atoms with Gasteiger partial charge in [0.05, 0.1) is 0 Å². The molecular weight excluding hydrogens is 353 g/mol. The summed E-state index contributed by atoms with van der Waals surface area (Å²) in [7, 11) is 0.857. The number of ketones is 1. The zero-order valence-corrected chi connectivity index (χ0v) is 15.9. The van der Waals surface area contributed by atoms with Gasteiger partial charge in [0.1, 0.15) is 0 Å². The van der Waals surface area contributed by atoms with Crippen LogP contribution in [-0.4, -0.2) is 30.4 Å². The Morgan fingerprint density at radius 2 is 2.12 bits per heavy atom. The van der Waals surface area contributed by atoms with Crippen LogP contribution < -0.4 is 0 Å². The van der Waals surface area contributed by atoms with Crippen molar-refractivity contribution in [3.05, 3.63) is 48.0 Å². The van der Waals surface area contributed by atoms with Gasteiger partial charge < -0.3 is 0 Å². The van der Waals surface area contributed by atoms with Crippen LogP contribution in [-0.2, 0) is 25.5 Å². The van der Waals surface area contributed by atoms with Crippen LogP contribution in [0.5, 0.6) is 0 Å². The fraction of sp³-hybridized carbons (Fsp3) is 0.444. The monoisotopic (exact) mass is 374 g/mol. The molecule has 3 rings (SSSR count). The Hall–Kier alpha value is -1.18. The van der Waals surface area contributed by atoms with Crippen LogP contribution in [0.4, 0.5) is 0 Å². The Morgan fingerprint density at radius 3 is 2.88 bits per heavy atom. The molecule has 1 saturated carbocycles. The summed E-state index contributed by atoms with van der Waals surface area (Å²) in [5, 5.41) is 0. The summed E-state index contributed by atoms with van der Waals surface area (Å²) in [6.45, 7) is 0.977. The van der Waals surface area contributed by atoms with Crippen molar-refractivity contribution in [2.75, 3.05) is 0 Å². The van der Waals surface area contributed by atoms with Crippen molar-refractivity contribution in [3.63, 3.8) is 0 Å². The number of rotatable bonds is 8. The van der Waals surface area contributed by atoms with Gasteiger partial charge in [-0.15, -0.1) is 0 Å². The minimum absolute atomic E-state index is 0.0319. The number of carbonyl (C=O) groups is 2. The molecule has 0 radical (unpaired) electrons. The molecule has 6 atom stereocenters. The third-order valence-electron chi connectivity index (χ3n) is 4.94. The first-order valence-corrected chi connectivity index (χ1v) is 11.7. The molecule has 0 spiro atoms. The molecule has 4 nitrogen and oxygen atoms in total. The van der Waals surface area contributed by atoms with Gasteiger partial charge in [0, 0.05) is 0 Å². The predicted molar refractivity (Wildman–Crippen MR) is 102 cm³/mol. The molecule has 2 aliphatic rings. The summed E-state index contributed by atoms with van der Waals surface area (Å²) < 4.78 is 16.1. The van der Waals surface area contributed by atoms with E-state index in [9.17, 15) is 14.3 Å². The summed E-state index contributed by atoms with van der Waals surface area (Å²) in [6.07, 6.45) is 6.11. The molecule has 0 bridgehead atoms. The number of hydrogen-bond donors (Lipinski definition) is 0. The molecule has 7 heteroatoms. The minimum atomic E-state index is -0.136. The Balaban J connectivity index is 1.59. The number of benzene rings is 1. The van der Waals surface area contributed by atoms with Gasteiger partial charge in [-0.05, 0) is 0 Å². The number of aryl methyl sites for hydroxylation is 1. The first-order chi connectivity index (χ1) is 12.2. The SMILES string of the molecule is O=BPP[C@@H]1C[C@@H]2OC(=O)C[C@@H]2[C@H]1C=CC(=O)CCc1ccccc1. The topological polar surface area (TPSA) is 60.4 Å². The second-order valence-corrected chi connectivity index (χ2v) is 9.82. The number of hydrogen-bond acceptors (Lipinski definition) is 4. The molecule has 1 heterocycles. The summed E-state index contributed by atoms with van der Waals surface area (Å²) in [4.78, 5) is 23.8. The Labute approximate surface area is 151 Å². The second-order valence-electron chi connectivity index (χ2n) is 6.53. The van der Waals surface area contributed by atoms with Crippen molar-refractivity contribution >= 4 is 35.0 Å². The molecule has 0 amide bonds. The van der Waals surface area contributed by atoms with E-state index < -0.39 is 0 Å². The molecule has 1 aromatic rings. The van der Waals surface area contributed by atoms with Crippen molar-refractivity contribution in [3.8, 4) is 0 Å². The number of ether oxygens (including phenoxy) is 1. The van der Waals surface area contributed by atoms with E-state index in [1.165, 1.54) is 0 Å².